The summed E-state index contributed by atoms with van der Waals surface area (Å²) in [5, 5.41) is 16.4. The maximum absolute atomic E-state index is 12.6. The fourth-order valence-electron chi connectivity index (χ4n) is 3.42. The third-order valence-electron chi connectivity index (χ3n) is 5.19. The number of benzene rings is 1. The van der Waals surface area contributed by atoms with Crippen molar-refractivity contribution in [2.24, 2.45) is 5.92 Å². The molecule has 29 heavy (non-hydrogen) atoms. The number of non-ortho nitro benzene ring substituents is 1. The van der Waals surface area contributed by atoms with Crippen LogP contribution in [0.3, 0.4) is 0 Å². The molecule has 1 aromatic rings. The summed E-state index contributed by atoms with van der Waals surface area (Å²) in [6, 6.07) is 4.44. The molecule has 10 heteroatoms. The zero-order chi connectivity index (χ0) is 21.2. The van der Waals surface area contributed by atoms with Crippen LogP contribution < -0.4 is 10.6 Å². The van der Waals surface area contributed by atoms with E-state index in [0.717, 1.165) is 0 Å². The smallest absolute Gasteiger partial charge is 0.338 e. The van der Waals surface area contributed by atoms with Crippen molar-refractivity contribution in [1.82, 2.24) is 10.6 Å². The van der Waals surface area contributed by atoms with E-state index in [2.05, 4.69) is 17.2 Å². The van der Waals surface area contributed by atoms with Gasteiger partial charge in [0.25, 0.3) is 5.69 Å². The Labute approximate surface area is 166 Å². The SMILES string of the molecule is C=C[C@H]1C[C@]1(NC(=O)[C@@H]1C[C@@H](OC(=O)c2ccc([N+](=O)[O-])cc2)CN1)C(=O)OC. The Morgan fingerprint density at radius 2 is 2.03 bits per heavy atom. The Kier molecular flexibility index (Phi) is 5.64. The minimum absolute atomic E-state index is 0.127. The van der Waals surface area contributed by atoms with Gasteiger partial charge in [-0.05, 0) is 18.6 Å². The van der Waals surface area contributed by atoms with E-state index in [-0.39, 0.29) is 36.0 Å². The second-order valence-corrected chi connectivity index (χ2v) is 7.03. The molecule has 0 aromatic heterocycles. The lowest BCUT2D eigenvalue weighted by atomic mass is 10.1. The molecule has 1 aliphatic heterocycles. The molecule has 1 amide bonds. The average Bonchev–Trinajstić information content (AvgIpc) is 3.23. The molecule has 0 spiro atoms. The summed E-state index contributed by atoms with van der Waals surface area (Å²) < 4.78 is 10.2. The molecule has 0 radical (unpaired) electrons. The predicted octanol–water partition coefficient (Wildman–Crippen LogP) is 0.716. The molecule has 154 valence electrons. The highest BCUT2D eigenvalue weighted by Gasteiger charge is 2.61. The summed E-state index contributed by atoms with van der Waals surface area (Å²) in [5.41, 5.74) is -1.03. The van der Waals surface area contributed by atoms with Crippen LogP contribution in [0.25, 0.3) is 0 Å². The number of nitro benzene ring substituents is 1. The molecule has 1 saturated heterocycles. The molecule has 4 atom stereocenters. The number of carbonyl (C=O) groups is 3. The van der Waals surface area contributed by atoms with Crippen LogP contribution in [-0.4, -0.2) is 54.1 Å². The number of rotatable bonds is 7. The first-order chi connectivity index (χ1) is 13.8. The van der Waals surface area contributed by atoms with E-state index >= 15 is 0 Å². The molecule has 1 aliphatic carbocycles. The standard InChI is InChI=1S/C19H21N3O7/c1-3-12-9-19(12,18(25)28-2)21-16(23)15-8-14(10-20-15)29-17(24)11-4-6-13(7-5-11)22(26)27/h3-7,12,14-15,20H,1,8-10H2,2H3,(H,21,23)/t12-,14+,15-,19+/m0/s1. The molecule has 10 nitrogen and oxygen atoms in total. The molecule has 0 bridgehead atoms. The first-order valence-electron chi connectivity index (χ1n) is 9.02. The summed E-state index contributed by atoms with van der Waals surface area (Å²) in [7, 11) is 1.26. The van der Waals surface area contributed by atoms with Gasteiger partial charge < -0.3 is 20.1 Å². The number of nitro groups is 1. The molecule has 0 unspecified atom stereocenters. The first kappa shape index (κ1) is 20.5. The fraction of sp³-hybridized carbons (Fsp3) is 0.421. The maximum atomic E-state index is 12.6. The number of ether oxygens (including phenoxy) is 2. The Morgan fingerprint density at radius 3 is 2.59 bits per heavy atom. The van der Waals surface area contributed by atoms with Crippen molar-refractivity contribution in [1.29, 1.82) is 0 Å². The fourth-order valence-corrected chi connectivity index (χ4v) is 3.42. The van der Waals surface area contributed by atoms with Crippen molar-refractivity contribution in [3.05, 3.63) is 52.6 Å². The zero-order valence-corrected chi connectivity index (χ0v) is 15.8. The van der Waals surface area contributed by atoms with Crippen molar-refractivity contribution in [2.75, 3.05) is 13.7 Å². The number of carbonyl (C=O) groups excluding carboxylic acids is 3. The van der Waals surface area contributed by atoms with Crippen molar-refractivity contribution >= 4 is 23.5 Å². The van der Waals surface area contributed by atoms with Gasteiger partial charge in [0, 0.05) is 31.0 Å². The van der Waals surface area contributed by atoms with E-state index in [9.17, 15) is 24.5 Å². The second-order valence-electron chi connectivity index (χ2n) is 7.03. The molecule has 1 aromatic carbocycles. The van der Waals surface area contributed by atoms with Crippen molar-refractivity contribution in [2.45, 2.75) is 30.5 Å². The van der Waals surface area contributed by atoms with E-state index in [4.69, 9.17) is 9.47 Å². The van der Waals surface area contributed by atoms with Crippen LogP contribution in [0.1, 0.15) is 23.2 Å². The number of hydrogen-bond donors (Lipinski definition) is 2. The summed E-state index contributed by atoms with van der Waals surface area (Å²) in [6.45, 7) is 3.93. The quantitative estimate of drug-likeness (QED) is 0.294. The van der Waals surface area contributed by atoms with E-state index in [1.54, 1.807) is 6.08 Å². The Balaban J connectivity index is 1.55. The number of nitrogens with one attached hydrogen (secondary N) is 2. The molecule has 2 aliphatic rings. The lowest BCUT2D eigenvalue weighted by Crippen LogP contribution is -2.51. The first-order valence-corrected chi connectivity index (χ1v) is 9.02. The van der Waals surface area contributed by atoms with Gasteiger partial charge in [-0.3, -0.25) is 14.9 Å². The number of hydrogen-bond acceptors (Lipinski definition) is 8. The Bertz CT molecular complexity index is 854. The van der Waals surface area contributed by atoms with Crippen LogP contribution in [0.4, 0.5) is 5.69 Å². The minimum Gasteiger partial charge on any atom is -0.467 e. The third kappa shape index (κ3) is 4.11. The molecule has 3 rings (SSSR count). The summed E-state index contributed by atoms with van der Waals surface area (Å²) >= 11 is 0. The highest BCUT2D eigenvalue weighted by atomic mass is 16.6. The Morgan fingerprint density at radius 1 is 1.34 bits per heavy atom. The third-order valence-corrected chi connectivity index (χ3v) is 5.19. The average molecular weight is 403 g/mol. The van der Waals surface area contributed by atoms with Crippen LogP contribution in [0.5, 0.6) is 0 Å². The monoisotopic (exact) mass is 403 g/mol. The minimum atomic E-state index is -1.08. The van der Waals surface area contributed by atoms with Gasteiger partial charge in [0.05, 0.1) is 23.6 Å². The van der Waals surface area contributed by atoms with Crippen LogP contribution in [0.15, 0.2) is 36.9 Å². The largest absolute Gasteiger partial charge is 0.467 e. The van der Waals surface area contributed by atoms with Gasteiger partial charge in [0.1, 0.15) is 11.6 Å². The lowest BCUT2D eigenvalue weighted by molar-refractivity contribution is -0.384. The van der Waals surface area contributed by atoms with Crippen molar-refractivity contribution < 1.29 is 28.8 Å². The number of methoxy groups -OCH3 is 1. The van der Waals surface area contributed by atoms with Crippen molar-refractivity contribution in [3.8, 4) is 0 Å². The summed E-state index contributed by atoms with van der Waals surface area (Å²) in [6.07, 6.45) is 1.73. The molecule has 2 fully saturated rings. The van der Waals surface area contributed by atoms with Gasteiger partial charge in [0.15, 0.2) is 0 Å². The molecule has 1 heterocycles. The van der Waals surface area contributed by atoms with Crippen LogP contribution in [0.2, 0.25) is 0 Å². The second kappa shape index (κ2) is 8.00. The zero-order valence-electron chi connectivity index (χ0n) is 15.8. The van der Waals surface area contributed by atoms with Gasteiger partial charge in [-0.15, -0.1) is 6.58 Å². The van der Waals surface area contributed by atoms with Gasteiger partial charge in [-0.2, -0.15) is 0 Å². The van der Waals surface area contributed by atoms with Crippen molar-refractivity contribution in [3.63, 3.8) is 0 Å². The van der Waals surface area contributed by atoms with Gasteiger partial charge in [-0.25, -0.2) is 9.59 Å². The van der Waals surface area contributed by atoms with E-state index in [0.29, 0.717) is 6.42 Å². The molecule has 2 N–H and O–H groups in total. The van der Waals surface area contributed by atoms with Gasteiger partial charge in [0.2, 0.25) is 5.91 Å². The van der Waals surface area contributed by atoms with Crippen LogP contribution >= 0.6 is 0 Å². The summed E-state index contributed by atoms with van der Waals surface area (Å²) in [5.74, 6) is -1.72. The van der Waals surface area contributed by atoms with Gasteiger partial charge >= 0.3 is 11.9 Å². The van der Waals surface area contributed by atoms with Gasteiger partial charge in [-0.1, -0.05) is 6.08 Å². The molecule has 1 saturated carbocycles. The molecular formula is C19H21N3O7. The van der Waals surface area contributed by atoms with E-state index in [1.807, 2.05) is 0 Å². The maximum Gasteiger partial charge on any atom is 0.338 e. The Hall–Kier alpha value is -3.27. The number of nitrogens with zero attached hydrogens (tertiary/aromatic N) is 1. The number of amides is 1. The highest BCUT2D eigenvalue weighted by molar-refractivity contribution is 5.94. The van der Waals surface area contributed by atoms with Crippen LogP contribution in [-0.2, 0) is 19.1 Å². The summed E-state index contributed by atoms with van der Waals surface area (Å²) in [4.78, 5) is 46.9. The lowest BCUT2D eigenvalue weighted by Gasteiger charge is -2.19. The number of esters is 2. The van der Waals surface area contributed by atoms with E-state index in [1.165, 1.54) is 31.4 Å². The topological polar surface area (TPSA) is 137 Å². The molecular weight excluding hydrogens is 382 g/mol. The predicted molar refractivity (Wildman–Crippen MR) is 99.9 cm³/mol. The van der Waals surface area contributed by atoms with E-state index < -0.39 is 34.5 Å². The normalized spacial score (nSPS) is 27.6. The highest BCUT2D eigenvalue weighted by Crippen LogP contribution is 2.45. The van der Waals surface area contributed by atoms with Crippen LogP contribution in [0, 0.1) is 16.0 Å².